The van der Waals surface area contributed by atoms with Crippen molar-refractivity contribution in [1.29, 1.82) is 0 Å². The number of hydrogen-bond donors (Lipinski definition) is 2. The predicted octanol–water partition coefficient (Wildman–Crippen LogP) is 4.21. The Hall–Kier alpha value is -1.41. The molecule has 2 aromatic rings. The van der Waals surface area contributed by atoms with Crippen LogP contribution in [-0.4, -0.2) is 32.9 Å². The zero-order valence-electron chi connectivity index (χ0n) is 14.7. The van der Waals surface area contributed by atoms with Crippen molar-refractivity contribution in [2.24, 2.45) is 0 Å². The second-order valence-electron chi connectivity index (χ2n) is 5.85. The Balaban J connectivity index is 1.67. The summed E-state index contributed by atoms with van der Waals surface area (Å²) in [4.78, 5) is 12.9. The monoisotopic (exact) mass is 446 g/mol. The molecule has 0 aromatic heterocycles. The van der Waals surface area contributed by atoms with Crippen LogP contribution in [0.2, 0.25) is 10.0 Å². The summed E-state index contributed by atoms with van der Waals surface area (Å²) < 4.78 is 24.7. The van der Waals surface area contributed by atoms with Gasteiger partial charge in [-0.25, -0.2) is 8.42 Å². The van der Waals surface area contributed by atoms with Crippen LogP contribution in [-0.2, 0) is 21.2 Å². The summed E-state index contributed by atoms with van der Waals surface area (Å²) in [6.45, 7) is 0.557. The third-order valence-corrected chi connectivity index (χ3v) is 5.82. The molecule has 5 nitrogen and oxygen atoms in total. The zero-order chi connectivity index (χ0) is 19.9. The van der Waals surface area contributed by atoms with Gasteiger partial charge < -0.3 is 5.32 Å². The molecular weight excluding hydrogens is 427 g/mol. The van der Waals surface area contributed by atoms with E-state index in [9.17, 15) is 13.2 Å². The van der Waals surface area contributed by atoms with Crippen molar-refractivity contribution in [3.05, 3.63) is 58.1 Å². The van der Waals surface area contributed by atoms with Crippen LogP contribution in [0.25, 0.3) is 0 Å². The first-order chi connectivity index (χ1) is 12.7. The maximum atomic E-state index is 11.9. The maximum absolute atomic E-state index is 11.9. The SMILES string of the molecule is CS(=O)(=O)Nc1ccc(CCC(=O)NCCSc2ccc(Cl)c(Cl)c2)cc1. The van der Waals surface area contributed by atoms with E-state index in [4.69, 9.17) is 23.2 Å². The van der Waals surface area contributed by atoms with E-state index in [0.717, 1.165) is 22.5 Å². The van der Waals surface area contributed by atoms with Crippen LogP contribution in [0.5, 0.6) is 0 Å². The number of sulfonamides is 1. The molecule has 9 heteroatoms. The highest BCUT2D eigenvalue weighted by Crippen LogP contribution is 2.27. The number of anilines is 1. The number of rotatable bonds is 9. The second kappa shape index (κ2) is 10.2. The molecule has 0 heterocycles. The lowest BCUT2D eigenvalue weighted by Crippen LogP contribution is -2.25. The van der Waals surface area contributed by atoms with Gasteiger partial charge in [0.05, 0.1) is 16.3 Å². The Bertz CT molecular complexity index is 888. The molecule has 0 unspecified atom stereocenters. The molecule has 1 amide bonds. The largest absolute Gasteiger partial charge is 0.355 e. The van der Waals surface area contributed by atoms with Gasteiger partial charge in [0, 0.05) is 29.3 Å². The van der Waals surface area contributed by atoms with E-state index in [-0.39, 0.29) is 5.91 Å². The van der Waals surface area contributed by atoms with Crippen LogP contribution in [0.1, 0.15) is 12.0 Å². The lowest BCUT2D eigenvalue weighted by Gasteiger charge is -2.07. The number of thioether (sulfide) groups is 1. The highest BCUT2D eigenvalue weighted by Gasteiger charge is 2.05. The van der Waals surface area contributed by atoms with Crippen LogP contribution < -0.4 is 10.0 Å². The predicted molar refractivity (Wildman–Crippen MR) is 113 cm³/mol. The highest BCUT2D eigenvalue weighted by atomic mass is 35.5. The molecule has 0 saturated carbocycles. The van der Waals surface area contributed by atoms with Crippen molar-refractivity contribution in [3.8, 4) is 0 Å². The summed E-state index contributed by atoms with van der Waals surface area (Å²) in [5, 5.41) is 3.92. The summed E-state index contributed by atoms with van der Waals surface area (Å²) in [5.74, 6) is 0.707. The minimum absolute atomic E-state index is 0.0249. The van der Waals surface area contributed by atoms with Crippen molar-refractivity contribution in [1.82, 2.24) is 5.32 Å². The summed E-state index contributed by atoms with van der Waals surface area (Å²) >= 11 is 13.4. The van der Waals surface area contributed by atoms with Gasteiger partial charge in [0.1, 0.15) is 0 Å². The molecule has 0 aliphatic carbocycles. The van der Waals surface area contributed by atoms with Crippen molar-refractivity contribution >= 4 is 56.6 Å². The van der Waals surface area contributed by atoms with Gasteiger partial charge in [0.15, 0.2) is 0 Å². The topological polar surface area (TPSA) is 75.3 Å². The maximum Gasteiger partial charge on any atom is 0.229 e. The lowest BCUT2D eigenvalue weighted by atomic mass is 10.1. The molecule has 2 aromatic carbocycles. The lowest BCUT2D eigenvalue weighted by molar-refractivity contribution is -0.120. The number of carbonyl (C=O) groups excluding carboxylic acids is 1. The number of nitrogens with one attached hydrogen (secondary N) is 2. The van der Waals surface area contributed by atoms with E-state index in [1.807, 2.05) is 6.07 Å². The normalized spacial score (nSPS) is 11.2. The molecule has 0 aliphatic rings. The molecule has 0 aliphatic heterocycles. The Morgan fingerprint density at radius 3 is 2.41 bits per heavy atom. The van der Waals surface area contributed by atoms with Gasteiger partial charge >= 0.3 is 0 Å². The number of carbonyl (C=O) groups is 1. The van der Waals surface area contributed by atoms with Crippen LogP contribution in [0.15, 0.2) is 47.4 Å². The Kier molecular flexibility index (Phi) is 8.28. The first-order valence-corrected chi connectivity index (χ1v) is 11.8. The Morgan fingerprint density at radius 2 is 1.78 bits per heavy atom. The number of benzene rings is 2. The van der Waals surface area contributed by atoms with Gasteiger partial charge in [0.25, 0.3) is 0 Å². The molecule has 0 bridgehead atoms. The molecular formula is C18H20Cl2N2O3S2. The first kappa shape index (κ1) is 21.9. The number of amides is 1. The fraction of sp³-hybridized carbons (Fsp3) is 0.278. The fourth-order valence-corrected chi connectivity index (χ4v) is 3.96. The third-order valence-electron chi connectivity index (χ3n) is 3.48. The van der Waals surface area contributed by atoms with Crippen LogP contribution in [0, 0.1) is 0 Å². The van der Waals surface area contributed by atoms with Crippen LogP contribution >= 0.6 is 35.0 Å². The van der Waals surface area contributed by atoms with E-state index in [1.54, 1.807) is 48.2 Å². The second-order valence-corrected chi connectivity index (χ2v) is 9.58. The molecule has 2 rings (SSSR count). The fourth-order valence-electron chi connectivity index (χ4n) is 2.23. The van der Waals surface area contributed by atoms with Crippen molar-refractivity contribution < 1.29 is 13.2 Å². The first-order valence-electron chi connectivity index (χ1n) is 8.14. The van der Waals surface area contributed by atoms with Crippen molar-refractivity contribution in [2.45, 2.75) is 17.7 Å². The zero-order valence-corrected chi connectivity index (χ0v) is 17.8. The summed E-state index contributed by atoms with van der Waals surface area (Å²) in [6, 6.07) is 12.4. The van der Waals surface area contributed by atoms with E-state index in [1.165, 1.54) is 0 Å². The highest BCUT2D eigenvalue weighted by molar-refractivity contribution is 7.99. The average Bonchev–Trinajstić information content (AvgIpc) is 2.60. The van der Waals surface area contributed by atoms with Gasteiger partial charge in [-0.05, 0) is 42.3 Å². The van der Waals surface area contributed by atoms with Crippen molar-refractivity contribution in [3.63, 3.8) is 0 Å². The van der Waals surface area contributed by atoms with Crippen LogP contribution in [0.3, 0.4) is 0 Å². The number of aryl methyl sites for hydroxylation is 1. The van der Waals surface area contributed by atoms with Gasteiger partial charge in [0.2, 0.25) is 15.9 Å². The molecule has 0 radical (unpaired) electrons. The minimum Gasteiger partial charge on any atom is -0.355 e. The molecule has 0 spiro atoms. The van der Waals surface area contributed by atoms with E-state index < -0.39 is 10.0 Å². The summed E-state index contributed by atoms with van der Waals surface area (Å²) in [5.41, 5.74) is 1.47. The Morgan fingerprint density at radius 1 is 1.07 bits per heavy atom. The minimum atomic E-state index is -3.28. The van der Waals surface area contributed by atoms with E-state index in [0.29, 0.717) is 35.1 Å². The standard InChI is InChI=1S/C18H20Cl2N2O3S2/c1-27(24,25)22-14-5-2-13(3-6-14)4-9-18(23)21-10-11-26-15-7-8-16(19)17(20)12-15/h2-3,5-8,12,22H,4,9-11H2,1H3,(H,21,23). The smallest absolute Gasteiger partial charge is 0.229 e. The Labute approximate surface area is 173 Å². The molecule has 2 N–H and O–H groups in total. The van der Waals surface area contributed by atoms with Crippen molar-refractivity contribution in [2.75, 3.05) is 23.3 Å². The molecule has 0 fully saturated rings. The summed E-state index contributed by atoms with van der Waals surface area (Å²) in [7, 11) is -3.28. The van der Waals surface area contributed by atoms with E-state index in [2.05, 4.69) is 10.0 Å². The molecule has 0 saturated heterocycles. The van der Waals surface area contributed by atoms with Gasteiger partial charge in [-0.2, -0.15) is 0 Å². The number of hydrogen-bond acceptors (Lipinski definition) is 4. The quantitative estimate of drug-likeness (QED) is 0.446. The molecule has 0 atom stereocenters. The third kappa shape index (κ3) is 8.43. The van der Waals surface area contributed by atoms with E-state index >= 15 is 0 Å². The van der Waals surface area contributed by atoms with Gasteiger partial charge in [-0.1, -0.05) is 35.3 Å². The van der Waals surface area contributed by atoms with Gasteiger partial charge in [-0.3, -0.25) is 9.52 Å². The van der Waals surface area contributed by atoms with Crippen LogP contribution in [0.4, 0.5) is 5.69 Å². The van der Waals surface area contributed by atoms with Gasteiger partial charge in [-0.15, -0.1) is 11.8 Å². The molecule has 27 heavy (non-hydrogen) atoms. The average molecular weight is 447 g/mol. The molecule has 146 valence electrons. The summed E-state index contributed by atoms with van der Waals surface area (Å²) in [6.07, 6.45) is 2.06. The number of halogens is 2.